The summed E-state index contributed by atoms with van der Waals surface area (Å²) in [5, 5.41) is 2.86. The normalized spacial score (nSPS) is 12.2. The molecule has 0 unspecified atom stereocenters. The van der Waals surface area contributed by atoms with Crippen molar-refractivity contribution in [3.05, 3.63) is 59.7 Å². The van der Waals surface area contributed by atoms with Crippen LogP contribution in [0.5, 0.6) is 5.75 Å². The molecule has 2 rings (SSSR count). The first kappa shape index (κ1) is 27.2. The van der Waals surface area contributed by atoms with E-state index in [-0.39, 0.29) is 24.1 Å². The molecule has 2 aromatic carbocycles. The molecule has 0 bridgehead atoms. The summed E-state index contributed by atoms with van der Waals surface area (Å²) >= 11 is 0. The zero-order chi connectivity index (χ0) is 25.5. The summed E-state index contributed by atoms with van der Waals surface area (Å²) in [6.07, 6.45) is 1.04. The summed E-state index contributed by atoms with van der Waals surface area (Å²) in [5.41, 5.74) is 1.92. The fourth-order valence-corrected chi connectivity index (χ4v) is 4.25. The minimum absolute atomic E-state index is 0.165. The maximum Gasteiger partial charge on any atom is 0.244 e. The van der Waals surface area contributed by atoms with E-state index in [0.717, 1.165) is 21.7 Å². The summed E-state index contributed by atoms with van der Waals surface area (Å²) in [4.78, 5) is 27.8. The van der Waals surface area contributed by atoms with Crippen LogP contribution in [0.1, 0.15) is 31.9 Å². The Balaban J connectivity index is 2.41. The van der Waals surface area contributed by atoms with Crippen LogP contribution in [-0.2, 0) is 26.2 Å². The number of ether oxygens (including phenoxy) is 1. The van der Waals surface area contributed by atoms with E-state index in [1.165, 1.54) is 12.0 Å². The number of hydrogen-bond donors (Lipinski definition) is 1. The lowest BCUT2D eigenvalue weighted by molar-refractivity contribution is -0.139. The van der Waals surface area contributed by atoms with Gasteiger partial charge in [0.05, 0.1) is 19.1 Å². The molecule has 34 heavy (non-hydrogen) atoms. The first-order valence-electron chi connectivity index (χ1n) is 11.2. The van der Waals surface area contributed by atoms with Gasteiger partial charge in [0.2, 0.25) is 21.8 Å². The molecule has 1 N–H and O–H groups in total. The van der Waals surface area contributed by atoms with E-state index < -0.39 is 28.5 Å². The van der Waals surface area contributed by atoms with Gasteiger partial charge in [-0.15, -0.1) is 0 Å². The maximum atomic E-state index is 13.5. The van der Waals surface area contributed by atoms with Gasteiger partial charge in [-0.3, -0.25) is 13.9 Å². The predicted molar refractivity (Wildman–Crippen MR) is 134 cm³/mol. The summed E-state index contributed by atoms with van der Waals surface area (Å²) in [5.74, 6) is -0.202. The topological polar surface area (TPSA) is 96.0 Å². The quantitative estimate of drug-likeness (QED) is 0.524. The van der Waals surface area contributed by atoms with Crippen LogP contribution in [0.4, 0.5) is 5.69 Å². The first-order valence-corrected chi connectivity index (χ1v) is 13.0. The van der Waals surface area contributed by atoms with E-state index in [4.69, 9.17) is 4.74 Å². The number of anilines is 1. The highest BCUT2D eigenvalue weighted by Crippen LogP contribution is 2.31. The van der Waals surface area contributed by atoms with Crippen LogP contribution in [0.3, 0.4) is 0 Å². The Morgan fingerprint density at radius 1 is 1.06 bits per heavy atom. The van der Waals surface area contributed by atoms with Crippen LogP contribution in [0.25, 0.3) is 0 Å². The standard InChI is InChI=1S/C25H35N3O5S/c1-18(2)15-26-25(30)20(4)27(16-21-10-8-7-9-11-21)24(29)17-28(34(6,31)32)22-14-19(3)12-13-23(22)33-5/h7-14,18,20H,15-17H2,1-6H3,(H,26,30)/t20-/m1/s1. The molecule has 8 nitrogen and oxygen atoms in total. The molecule has 0 saturated heterocycles. The molecule has 0 fully saturated rings. The van der Waals surface area contributed by atoms with Crippen molar-refractivity contribution in [3.8, 4) is 5.75 Å². The Hall–Kier alpha value is -3.07. The lowest BCUT2D eigenvalue weighted by atomic mass is 10.1. The average Bonchev–Trinajstić information content (AvgIpc) is 2.78. The van der Waals surface area contributed by atoms with Crippen LogP contribution < -0.4 is 14.4 Å². The predicted octanol–water partition coefficient (Wildman–Crippen LogP) is 2.96. The number of nitrogens with one attached hydrogen (secondary N) is 1. The number of carbonyl (C=O) groups excluding carboxylic acids is 2. The number of hydrogen-bond acceptors (Lipinski definition) is 5. The highest BCUT2D eigenvalue weighted by Gasteiger charge is 2.31. The van der Waals surface area contributed by atoms with Crippen LogP contribution in [-0.4, -0.2) is 57.6 Å². The summed E-state index contributed by atoms with van der Waals surface area (Å²) in [6, 6.07) is 13.6. The van der Waals surface area contributed by atoms with Crippen molar-refractivity contribution in [1.82, 2.24) is 10.2 Å². The molecule has 0 aliphatic rings. The zero-order valence-electron chi connectivity index (χ0n) is 20.7. The van der Waals surface area contributed by atoms with E-state index >= 15 is 0 Å². The molecule has 0 heterocycles. The second kappa shape index (κ2) is 11.9. The van der Waals surface area contributed by atoms with Crippen molar-refractivity contribution in [2.45, 2.75) is 40.3 Å². The van der Waals surface area contributed by atoms with E-state index in [0.29, 0.717) is 12.3 Å². The van der Waals surface area contributed by atoms with E-state index in [2.05, 4.69) is 5.32 Å². The third-order valence-electron chi connectivity index (χ3n) is 5.33. The van der Waals surface area contributed by atoms with Crippen molar-refractivity contribution < 1.29 is 22.7 Å². The Morgan fingerprint density at radius 2 is 1.71 bits per heavy atom. The molecule has 2 aromatic rings. The lowest BCUT2D eigenvalue weighted by Gasteiger charge is -2.32. The molecule has 186 valence electrons. The second-order valence-corrected chi connectivity index (χ2v) is 10.7. The van der Waals surface area contributed by atoms with Gasteiger partial charge in [0.15, 0.2) is 0 Å². The summed E-state index contributed by atoms with van der Waals surface area (Å²) < 4.78 is 31.8. The van der Waals surface area contributed by atoms with Gasteiger partial charge in [-0.2, -0.15) is 0 Å². The number of aryl methyl sites for hydroxylation is 1. The number of rotatable bonds is 11. The van der Waals surface area contributed by atoms with Crippen LogP contribution in [0.2, 0.25) is 0 Å². The zero-order valence-corrected chi connectivity index (χ0v) is 21.6. The van der Waals surface area contributed by atoms with Gasteiger partial charge >= 0.3 is 0 Å². The Kier molecular flexibility index (Phi) is 9.49. The SMILES string of the molecule is COc1ccc(C)cc1N(CC(=O)N(Cc1ccccc1)[C@H](C)C(=O)NCC(C)C)S(C)(=O)=O. The summed E-state index contributed by atoms with van der Waals surface area (Å²) in [7, 11) is -2.39. The van der Waals surface area contributed by atoms with Gasteiger partial charge in [-0.05, 0) is 43.0 Å². The van der Waals surface area contributed by atoms with Gasteiger partial charge in [0, 0.05) is 13.1 Å². The Bertz CT molecular complexity index is 1090. The molecule has 0 radical (unpaired) electrons. The largest absolute Gasteiger partial charge is 0.495 e. The fraction of sp³-hybridized carbons (Fsp3) is 0.440. The van der Waals surface area contributed by atoms with Gasteiger partial charge in [-0.25, -0.2) is 8.42 Å². The van der Waals surface area contributed by atoms with Crippen LogP contribution >= 0.6 is 0 Å². The number of methoxy groups -OCH3 is 1. The van der Waals surface area contributed by atoms with Crippen molar-refractivity contribution >= 4 is 27.5 Å². The summed E-state index contributed by atoms with van der Waals surface area (Å²) in [6.45, 7) is 7.62. The van der Waals surface area contributed by atoms with Crippen molar-refractivity contribution in [2.24, 2.45) is 5.92 Å². The number of amides is 2. The lowest BCUT2D eigenvalue weighted by Crippen LogP contribution is -2.51. The molecule has 9 heteroatoms. The number of sulfonamides is 1. The van der Waals surface area contributed by atoms with Crippen molar-refractivity contribution in [1.29, 1.82) is 0 Å². The van der Waals surface area contributed by atoms with E-state index in [9.17, 15) is 18.0 Å². The molecule has 1 atom stereocenters. The minimum atomic E-state index is -3.83. The van der Waals surface area contributed by atoms with Crippen molar-refractivity contribution in [2.75, 3.05) is 30.8 Å². The molecule has 0 aromatic heterocycles. The maximum absolute atomic E-state index is 13.5. The molecule has 0 spiro atoms. The van der Waals surface area contributed by atoms with Gasteiger partial charge in [-0.1, -0.05) is 50.2 Å². The smallest absolute Gasteiger partial charge is 0.244 e. The third kappa shape index (κ3) is 7.48. The number of carbonyl (C=O) groups is 2. The van der Waals surface area contributed by atoms with Gasteiger partial charge in [0.25, 0.3) is 0 Å². The monoisotopic (exact) mass is 489 g/mol. The second-order valence-electron chi connectivity index (χ2n) is 8.77. The molecular formula is C25H35N3O5S. The molecule has 0 aliphatic carbocycles. The fourth-order valence-electron chi connectivity index (χ4n) is 3.40. The highest BCUT2D eigenvalue weighted by molar-refractivity contribution is 7.92. The average molecular weight is 490 g/mol. The molecule has 0 aliphatic heterocycles. The van der Waals surface area contributed by atoms with E-state index in [1.807, 2.05) is 51.1 Å². The minimum Gasteiger partial charge on any atom is -0.495 e. The van der Waals surface area contributed by atoms with Crippen molar-refractivity contribution in [3.63, 3.8) is 0 Å². The van der Waals surface area contributed by atoms with Gasteiger partial charge < -0.3 is 15.0 Å². The number of benzene rings is 2. The first-order chi connectivity index (χ1) is 15.9. The van der Waals surface area contributed by atoms with Crippen LogP contribution in [0, 0.1) is 12.8 Å². The van der Waals surface area contributed by atoms with Crippen LogP contribution in [0.15, 0.2) is 48.5 Å². The molecule has 0 saturated carbocycles. The molecule has 2 amide bonds. The number of nitrogens with zero attached hydrogens (tertiary/aromatic N) is 2. The molecular weight excluding hydrogens is 454 g/mol. The Morgan fingerprint density at radius 3 is 2.26 bits per heavy atom. The Labute approximate surface area is 202 Å². The van der Waals surface area contributed by atoms with E-state index in [1.54, 1.807) is 25.1 Å². The third-order valence-corrected chi connectivity index (χ3v) is 6.46. The van der Waals surface area contributed by atoms with Gasteiger partial charge in [0.1, 0.15) is 18.3 Å². The highest BCUT2D eigenvalue weighted by atomic mass is 32.2.